The van der Waals surface area contributed by atoms with Crippen LogP contribution in [0.15, 0.2) is 16.5 Å². The molecule has 0 atom stereocenters. The molecule has 2 N–H and O–H groups in total. The van der Waals surface area contributed by atoms with Gasteiger partial charge in [0.2, 0.25) is 0 Å². The lowest BCUT2D eigenvalue weighted by molar-refractivity contribution is 0.119. The number of hydrogen-bond acceptors (Lipinski definition) is 5. The molecule has 5 nitrogen and oxygen atoms in total. The predicted molar refractivity (Wildman–Crippen MR) is 65.7 cm³/mol. The van der Waals surface area contributed by atoms with E-state index in [1.807, 2.05) is 20.2 Å². The summed E-state index contributed by atoms with van der Waals surface area (Å²) in [6.07, 6.45) is 0. The summed E-state index contributed by atoms with van der Waals surface area (Å²) in [6, 6.07) is 3.65. The molecule has 1 rings (SSSR count). The maximum absolute atomic E-state index is 8.83. The maximum atomic E-state index is 8.83. The highest BCUT2D eigenvalue weighted by molar-refractivity contribution is 5.05. The molecule has 0 aromatic carbocycles. The zero-order valence-electron chi connectivity index (χ0n) is 10.6. The SMILES string of the molecule is CN(C)CCOCCNCc1ccc(CO)o1. The molecular weight excluding hydrogens is 220 g/mol. The molecular formula is C12H22N2O3. The Morgan fingerprint density at radius 1 is 1.29 bits per heavy atom. The molecule has 0 spiro atoms. The van der Waals surface area contributed by atoms with Crippen LogP contribution in [0.25, 0.3) is 0 Å². The molecule has 1 aromatic rings. The number of hydrogen-bond donors (Lipinski definition) is 2. The first kappa shape index (κ1) is 14.2. The number of aliphatic hydroxyl groups excluding tert-OH is 1. The largest absolute Gasteiger partial charge is 0.462 e. The zero-order chi connectivity index (χ0) is 12.5. The van der Waals surface area contributed by atoms with E-state index in [1.165, 1.54) is 0 Å². The summed E-state index contributed by atoms with van der Waals surface area (Å²) in [5.41, 5.74) is 0. The second kappa shape index (κ2) is 8.25. The molecule has 1 aromatic heterocycles. The lowest BCUT2D eigenvalue weighted by Crippen LogP contribution is -2.22. The third-order valence-corrected chi connectivity index (χ3v) is 2.28. The van der Waals surface area contributed by atoms with Gasteiger partial charge in [0.05, 0.1) is 19.8 Å². The first-order chi connectivity index (χ1) is 8.22. The highest BCUT2D eigenvalue weighted by atomic mass is 16.5. The third kappa shape index (κ3) is 6.43. The van der Waals surface area contributed by atoms with Crippen LogP contribution >= 0.6 is 0 Å². The molecule has 17 heavy (non-hydrogen) atoms. The molecule has 0 amide bonds. The predicted octanol–water partition coefficient (Wildman–Crippen LogP) is 0.440. The zero-order valence-corrected chi connectivity index (χ0v) is 10.6. The van der Waals surface area contributed by atoms with Gasteiger partial charge in [-0.25, -0.2) is 0 Å². The maximum Gasteiger partial charge on any atom is 0.129 e. The number of furan rings is 1. The number of likely N-dealkylation sites (N-methyl/N-ethyl adjacent to an activating group) is 1. The fraction of sp³-hybridized carbons (Fsp3) is 0.667. The molecule has 0 aliphatic heterocycles. The highest BCUT2D eigenvalue weighted by Gasteiger charge is 1.99. The van der Waals surface area contributed by atoms with Crippen molar-refractivity contribution in [2.24, 2.45) is 0 Å². The Morgan fingerprint density at radius 3 is 2.71 bits per heavy atom. The van der Waals surface area contributed by atoms with Gasteiger partial charge in [0, 0.05) is 13.1 Å². The number of ether oxygens (including phenoxy) is 1. The van der Waals surface area contributed by atoms with E-state index in [-0.39, 0.29) is 6.61 Å². The minimum absolute atomic E-state index is 0.0480. The van der Waals surface area contributed by atoms with E-state index in [0.29, 0.717) is 18.9 Å². The molecule has 0 bridgehead atoms. The smallest absolute Gasteiger partial charge is 0.129 e. The van der Waals surface area contributed by atoms with Crippen LogP contribution in [0.4, 0.5) is 0 Å². The Kier molecular flexibility index (Phi) is 6.88. The van der Waals surface area contributed by atoms with Crippen molar-refractivity contribution in [2.45, 2.75) is 13.2 Å². The summed E-state index contributed by atoms with van der Waals surface area (Å²) in [6.45, 7) is 3.80. The second-order valence-electron chi connectivity index (χ2n) is 4.12. The van der Waals surface area contributed by atoms with Crippen molar-refractivity contribution < 1.29 is 14.3 Å². The molecule has 0 aliphatic carbocycles. The molecule has 0 fully saturated rings. The van der Waals surface area contributed by atoms with Crippen LogP contribution in [0.1, 0.15) is 11.5 Å². The summed E-state index contributed by atoms with van der Waals surface area (Å²) < 4.78 is 10.8. The van der Waals surface area contributed by atoms with Gasteiger partial charge in [0.15, 0.2) is 0 Å². The van der Waals surface area contributed by atoms with E-state index >= 15 is 0 Å². The molecule has 0 saturated carbocycles. The summed E-state index contributed by atoms with van der Waals surface area (Å²) >= 11 is 0. The Bertz CT molecular complexity index is 300. The Balaban J connectivity index is 1.97. The van der Waals surface area contributed by atoms with Crippen molar-refractivity contribution in [3.8, 4) is 0 Å². The monoisotopic (exact) mass is 242 g/mol. The molecule has 1 heterocycles. The average molecular weight is 242 g/mol. The fourth-order valence-corrected chi connectivity index (χ4v) is 1.31. The van der Waals surface area contributed by atoms with Crippen molar-refractivity contribution in [1.29, 1.82) is 0 Å². The quantitative estimate of drug-likeness (QED) is 0.615. The number of rotatable bonds is 9. The molecule has 0 aliphatic rings. The lowest BCUT2D eigenvalue weighted by atomic mass is 10.4. The van der Waals surface area contributed by atoms with Gasteiger partial charge in [-0.2, -0.15) is 0 Å². The molecule has 0 saturated heterocycles. The van der Waals surface area contributed by atoms with Crippen LogP contribution in [0.3, 0.4) is 0 Å². The minimum Gasteiger partial charge on any atom is -0.462 e. The van der Waals surface area contributed by atoms with E-state index < -0.39 is 0 Å². The van der Waals surface area contributed by atoms with Gasteiger partial charge in [0.25, 0.3) is 0 Å². The second-order valence-corrected chi connectivity index (χ2v) is 4.12. The van der Waals surface area contributed by atoms with Crippen molar-refractivity contribution in [3.05, 3.63) is 23.7 Å². The van der Waals surface area contributed by atoms with Crippen LogP contribution in [-0.4, -0.2) is 50.4 Å². The standard InChI is InChI=1S/C12H22N2O3/c1-14(2)6-8-16-7-5-13-9-11-3-4-12(10-15)17-11/h3-4,13,15H,5-10H2,1-2H3. The first-order valence-corrected chi connectivity index (χ1v) is 5.84. The average Bonchev–Trinajstić information content (AvgIpc) is 2.75. The van der Waals surface area contributed by atoms with Crippen molar-refractivity contribution >= 4 is 0 Å². The van der Waals surface area contributed by atoms with Gasteiger partial charge < -0.3 is 24.5 Å². The fourth-order valence-electron chi connectivity index (χ4n) is 1.31. The first-order valence-electron chi connectivity index (χ1n) is 5.84. The molecule has 0 radical (unpaired) electrons. The van der Waals surface area contributed by atoms with E-state index in [0.717, 1.165) is 25.5 Å². The lowest BCUT2D eigenvalue weighted by Gasteiger charge is -2.09. The van der Waals surface area contributed by atoms with Crippen LogP contribution in [0.5, 0.6) is 0 Å². The van der Waals surface area contributed by atoms with E-state index in [4.69, 9.17) is 14.3 Å². The highest BCUT2D eigenvalue weighted by Crippen LogP contribution is 2.06. The van der Waals surface area contributed by atoms with E-state index in [2.05, 4.69) is 10.2 Å². The van der Waals surface area contributed by atoms with E-state index in [9.17, 15) is 0 Å². The molecule has 5 heteroatoms. The minimum atomic E-state index is -0.0480. The van der Waals surface area contributed by atoms with Crippen molar-refractivity contribution in [3.63, 3.8) is 0 Å². The summed E-state index contributed by atoms with van der Waals surface area (Å²) in [4.78, 5) is 2.09. The van der Waals surface area contributed by atoms with E-state index in [1.54, 1.807) is 6.07 Å². The Labute approximate surface area is 102 Å². The van der Waals surface area contributed by atoms with Crippen LogP contribution < -0.4 is 5.32 Å². The molecule has 0 unspecified atom stereocenters. The van der Waals surface area contributed by atoms with Crippen LogP contribution in [-0.2, 0) is 17.9 Å². The normalized spacial score (nSPS) is 11.3. The molecule has 98 valence electrons. The van der Waals surface area contributed by atoms with Gasteiger partial charge in [0.1, 0.15) is 18.1 Å². The number of aliphatic hydroxyl groups is 1. The van der Waals surface area contributed by atoms with Gasteiger partial charge in [-0.05, 0) is 26.2 Å². The number of nitrogens with one attached hydrogen (secondary N) is 1. The van der Waals surface area contributed by atoms with Crippen molar-refractivity contribution in [1.82, 2.24) is 10.2 Å². The summed E-state index contributed by atoms with van der Waals surface area (Å²) in [5, 5.41) is 12.0. The number of nitrogens with zero attached hydrogens (tertiary/aromatic N) is 1. The Morgan fingerprint density at radius 2 is 2.06 bits per heavy atom. The summed E-state index contributed by atoms with van der Waals surface area (Å²) in [5.74, 6) is 1.44. The topological polar surface area (TPSA) is 57.9 Å². The van der Waals surface area contributed by atoms with Crippen molar-refractivity contribution in [2.75, 3.05) is 40.4 Å². The van der Waals surface area contributed by atoms with Gasteiger partial charge >= 0.3 is 0 Å². The van der Waals surface area contributed by atoms with Gasteiger partial charge in [-0.1, -0.05) is 0 Å². The van der Waals surface area contributed by atoms with Crippen LogP contribution in [0.2, 0.25) is 0 Å². The Hall–Kier alpha value is -0.880. The summed E-state index contributed by atoms with van der Waals surface area (Å²) in [7, 11) is 4.05. The van der Waals surface area contributed by atoms with Crippen LogP contribution in [0, 0.1) is 0 Å². The van der Waals surface area contributed by atoms with Gasteiger partial charge in [-0.15, -0.1) is 0 Å². The van der Waals surface area contributed by atoms with Gasteiger partial charge in [-0.3, -0.25) is 0 Å². The third-order valence-electron chi connectivity index (χ3n) is 2.28.